The molecule has 1 fully saturated rings. The van der Waals surface area contributed by atoms with Crippen LogP contribution in [0.1, 0.15) is 30.9 Å². The number of hydrogen-bond donors (Lipinski definition) is 2. The van der Waals surface area contributed by atoms with Gasteiger partial charge in [0.2, 0.25) is 0 Å². The fourth-order valence-electron chi connectivity index (χ4n) is 3.10. The SMILES string of the molecule is CN=C(NCc1ccccc1Cn1cccn1)NCC1(C)CCCO1. The molecule has 1 unspecified atom stereocenters. The van der Waals surface area contributed by atoms with Gasteiger partial charge in [-0.3, -0.25) is 9.67 Å². The first-order valence-corrected chi connectivity index (χ1v) is 8.81. The van der Waals surface area contributed by atoms with Gasteiger partial charge >= 0.3 is 0 Å². The third-order valence-corrected chi connectivity index (χ3v) is 4.61. The summed E-state index contributed by atoms with van der Waals surface area (Å²) in [6, 6.07) is 10.3. The van der Waals surface area contributed by atoms with Crippen LogP contribution in [0.25, 0.3) is 0 Å². The van der Waals surface area contributed by atoms with Crippen LogP contribution in [0, 0.1) is 0 Å². The molecule has 0 spiro atoms. The lowest BCUT2D eigenvalue weighted by Gasteiger charge is -2.24. The molecular formula is C19H27N5O. The van der Waals surface area contributed by atoms with E-state index in [0.29, 0.717) is 6.54 Å². The highest BCUT2D eigenvalue weighted by Gasteiger charge is 2.29. The Morgan fingerprint density at radius 3 is 2.80 bits per heavy atom. The first kappa shape index (κ1) is 17.5. The number of nitrogens with zero attached hydrogens (tertiary/aromatic N) is 3. The lowest BCUT2D eigenvalue weighted by molar-refractivity contribution is 0.0243. The van der Waals surface area contributed by atoms with E-state index in [0.717, 1.165) is 38.5 Å². The van der Waals surface area contributed by atoms with E-state index >= 15 is 0 Å². The zero-order valence-corrected chi connectivity index (χ0v) is 15.0. The molecule has 1 aromatic heterocycles. The van der Waals surface area contributed by atoms with E-state index in [4.69, 9.17) is 4.74 Å². The molecular weight excluding hydrogens is 314 g/mol. The maximum absolute atomic E-state index is 5.82. The van der Waals surface area contributed by atoms with Crippen LogP contribution in [0.4, 0.5) is 0 Å². The van der Waals surface area contributed by atoms with Gasteiger partial charge in [-0.2, -0.15) is 5.10 Å². The molecule has 1 aliphatic heterocycles. The van der Waals surface area contributed by atoms with Crippen molar-refractivity contribution in [1.82, 2.24) is 20.4 Å². The van der Waals surface area contributed by atoms with E-state index in [1.807, 2.05) is 16.9 Å². The van der Waals surface area contributed by atoms with Crippen molar-refractivity contribution in [2.75, 3.05) is 20.2 Å². The minimum atomic E-state index is -0.0877. The minimum absolute atomic E-state index is 0.0877. The van der Waals surface area contributed by atoms with E-state index in [1.54, 1.807) is 13.2 Å². The highest BCUT2D eigenvalue weighted by atomic mass is 16.5. The molecule has 0 bridgehead atoms. The van der Waals surface area contributed by atoms with E-state index in [1.165, 1.54) is 11.1 Å². The Morgan fingerprint density at radius 1 is 1.28 bits per heavy atom. The summed E-state index contributed by atoms with van der Waals surface area (Å²) in [5.74, 6) is 0.797. The van der Waals surface area contributed by atoms with Gasteiger partial charge in [-0.25, -0.2) is 0 Å². The van der Waals surface area contributed by atoms with Crippen LogP contribution in [0.15, 0.2) is 47.7 Å². The molecule has 0 aliphatic carbocycles. The topological polar surface area (TPSA) is 63.5 Å². The van der Waals surface area contributed by atoms with Crippen molar-refractivity contribution in [3.05, 3.63) is 53.9 Å². The van der Waals surface area contributed by atoms with E-state index in [2.05, 4.69) is 51.9 Å². The molecule has 2 aromatic rings. The van der Waals surface area contributed by atoms with Crippen LogP contribution < -0.4 is 10.6 Å². The highest BCUT2D eigenvalue weighted by Crippen LogP contribution is 2.23. The largest absolute Gasteiger partial charge is 0.373 e. The summed E-state index contributed by atoms with van der Waals surface area (Å²) in [4.78, 5) is 4.32. The number of aromatic nitrogens is 2. The van der Waals surface area contributed by atoms with E-state index < -0.39 is 0 Å². The predicted molar refractivity (Wildman–Crippen MR) is 99.6 cm³/mol. The first-order chi connectivity index (χ1) is 12.2. The molecule has 2 heterocycles. The second-order valence-electron chi connectivity index (χ2n) is 6.65. The van der Waals surface area contributed by atoms with Crippen LogP contribution in [-0.2, 0) is 17.8 Å². The Labute approximate surface area is 149 Å². The Balaban J connectivity index is 1.56. The molecule has 25 heavy (non-hydrogen) atoms. The summed E-state index contributed by atoms with van der Waals surface area (Å²) in [5.41, 5.74) is 2.40. The van der Waals surface area contributed by atoms with Crippen LogP contribution in [0.5, 0.6) is 0 Å². The summed E-state index contributed by atoms with van der Waals surface area (Å²) in [6.45, 7) is 5.25. The molecule has 134 valence electrons. The van der Waals surface area contributed by atoms with Gasteiger partial charge in [0.15, 0.2) is 5.96 Å². The molecule has 0 saturated carbocycles. The first-order valence-electron chi connectivity index (χ1n) is 8.81. The van der Waals surface area contributed by atoms with Crippen molar-refractivity contribution < 1.29 is 4.74 Å². The van der Waals surface area contributed by atoms with Gasteiger partial charge in [0.25, 0.3) is 0 Å². The molecule has 2 N–H and O–H groups in total. The molecule has 0 amide bonds. The normalized spacial score (nSPS) is 20.6. The molecule has 3 rings (SSSR count). The van der Waals surface area contributed by atoms with Crippen molar-refractivity contribution in [2.45, 2.75) is 38.5 Å². The standard InChI is InChI=1S/C19H27N5O/c1-19(9-5-12-25-19)15-22-18(20-2)21-13-16-7-3-4-8-17(16)14-24-11-6-10-23-24/h3-4,6-8,10-11H,5,9,12-15H2,1-2H3,(H2,20,21,22). The van der Waals surface area contributed by atoms with Gasteiger partial charge in [0.1, 0.15) is 0 Å². The third kappa shape index (κ3) is 4.82. The quantitative estimate of drug-likeness (QED) is 0.624. The molecule has 6 heteroatoms. The fourth-order valence-corrected chi connectivity index (χ4v) is 3.10. The van der Waals surface area contributed by atoms with Crippen molar-refractivity contribution in [3.8, 4) is 0 Å². The number of ether oxygens (including phenoxy) is 1. The van der Waals surface area contributed by atoms with Crippen molar-refractivity contribution in [2.24, 2.45) is 4.99 Å². The summed E-state index contributed by atoms with van der Waals surface area (Å²) in [7, 11) is 1.79. The highest BCUT2D eigenvalue weighted by molar-refractivity contribution is 5.79. The van der Waals surface area contributed by atoms with Crippen LogP contribution >= 0.6 is 0 Å². The van der Waals surface area contributed by atoms with Gasteiger partial charge in [-0.15, -0.1) is 0 Å². The zero-order valence-electron chi connectivity index (χ0n) is 15.0. The maximum atomic E-state index is 5.82. The second kappa shape index (κ2) is 8.16. The third-order valence-electron chi connectivity index (χ3n) is 4.61. The molecule has 1 atom stereocenters. The van der Waals surface area contributed by atoms with Gasteiger partial charge in [0.05, 0.1) is 12.1 Å². The van der Waals surface area contributed by atoms with Crippen molar-refractivity contribution in [1.29, 1.82) is 0 Å². The van der Waals surface area contributed by atoms with Crippen LogP contribution in [-0.4, -0.2) is 41.5 Å². The summed E-state index contributed by atoms with van der Waals surface area (Å²) in [6.07, 6.45) is 6.00. The number of guanidine groups is 1. The summed E-state index contributed by atoms with van der Waals surface area (Å²) >= 11 is 0. The molecule has 1 aromatic carbocycles. The zero-order chi connectivity index (χ0) is 17.5. The smallest absolute Gasteiger partial charge is 0.191 e. The van der Waals surface area contributed by atoms with E-state index in [9.17, 15) is 0 Å². The second-order valence-corrected chi connectivity index (χ2v) is 6.65. The minimum Gasteiger partial charge on any atom is -0.373 e. The number of rotatable bonds is 6. The molecule has 6 nitrogen and oxygen atoms in total. The fraction of sp³-hybridized carbons (Fsp3) is 0.474. The maximum Gasteiger partial charge on any atom is 0.191 e. The number of benzene rings is 1. The monoisotopic (exact) mass is 341 g/mol. The average Bonchev–Trinajstić information content (AvgIpc) is 3.28. The average molecular weight is 341 g/mol. The van der Waals surface area contributed by atoms with Crippen molar-refractivity contribution in [3.63, 3.8) is 0 Å². The lowest BCUT2D eigenvalue weighted by Crippen LogP contribution is -2.45. The summed E-state index contributed by atoms with van der Waals surface area (Å²) < 4.78 is 7.76. The Bertz CT molecular complexity index is 690. The number of aliphatic imine (C=N–C) groups is 1. The number of hydrogen-bond acceptors (Lipinski definition) is 3. The molecule has 1 saturated heterocycles. The lowest BCUT2D eigenvalue weighted by atomic mass is 10.0. The summed E-state index contributed by atoms with van der Waals surface area (Å²) in [5, 5.41) is 11.1. The van der Waals surface area contributed by atoms with Crippen molar-refractivity contribution >= 4 is 5.96 Å². The van der Waals surface area contributed by atoms with Crippen LogP contribution in [0.2, 0.25) is 0 Å². The Morgan fingerprint density at radius 2 is 2.12 bits per heavy atom. The Hall–Kier alpha value is -2.34. The van der Waals surface area contributed by atoms with Crippen LogP contribution in [0.3, 0.4) is 0 Å². The predicted octanol–water partition coefficient (Wildman–Crippen LogP) is 2.17. The van der Waals surface area contributed by atoms with Gasteiger partial charge in [-0.05, 0) is 37.0 Å². The number of nitrogens with one attached hydrogen (secondary N) is 2. The molecule has 1 aliphatic rings. The van der Waals surface area contributed by atoms with Gasteiger partial charge in [-0.1, -0.05) is 24.3 Å². The Kier molecular flexibility index (Phi) is 5.71. The van der Waals surface area contributed by atoms with Gasteiger partial charge in [0, 0.05) is 39.1 Å². The molecule has 0 radical (unpaired) electrons. The van der Waals surface area contributed by atoms with Gasteiger partial charge < -0.3 is 15.4 Å². The van der Waals surface area contributed by atoms with E-state index in [-0.39, 0.29) is 5.60 Å².